The molecule has 0 atom stereocenters. The number of carbonyl (C=O) groups excluding carboxylic acids is 1. The molecule has 0 aromatic rings. The second-order valence-corrected chi connectivity index (χ2v) is 2.57. The summed E-state index contributed by atoms with van der Waals surface area (Å²) in [6.07, 6.45) is 0. The molecule has 7 heteroatoms. The lowest BCUT2D eigenvalue weighted by Crippen LogP contribution is -2.44. The minimum absolute atomic E-state index is 0.0647. The molecule has 0 saturated carbocycles. The fourth-order valence-corrected chi connectivity index (χ4v) is 1.18. The molecule has 1 aliphatic rings. The molecule has 1 rings (SSSR count). The van der Waals surface area contributed by atoms with Gasteiger partial charge in [0.2, 0.25) is 0 Å². The smallest absolute Gasteiger partial charge is 0.319 e. The Bertz CT molecular complexity index is 198. The molecule has 2 N–H and O–H groups in total. The van der Waals surface area contributed by atoms with Crippen molar-refractivity contribution in [2.45, 2.75) is 0 Å². The molecule has 0 spiro atoms. The maximum absolute atomic E-state index is 11.1. The lowest BCUT2D eigenvalue weighted by Gasteiger charge is -2.17. The molecule has 1 saturated heterocycles. The first-order valence-corrected chi connectivity index (χ1v) is 3.94. The number of β-amino-alcohol motifs (C(OH)–C–C–N with tert-alkyl or cyclic N) is 2. The van der Waals surface area contributed by atoms with E-state index in [4.69, 9.17) is 10.2 Å². The third kappa shape index (κ3) is 1.93. The van der Waals surface area contributed by atoms with Crippen molar-refractivity contribution in [1.29, 1.82) is 0 Å². The van der Waals surface area contributed by atoms with Crippen molar-refractivity contribution in [3.8, 4) is 0 Å². The van der Waals surface area contributed by atoms with E-state index in [1.165, 1.54) is 0 Å². The van der Waals surface area contributed by atoms with Crippen LogP contribution in [0, 0.1) is 4.91 Å². The highest BCUT2D eigenvalue weighted by Crippen LogP contribution is 2.07. The molecule has 0 aromatic carbocycles. The summed E-state index contributed by atoms with van der Waals surface area (Å²) in [5.74, 6) is -0.363. The van der Waals surface area contributed by atoms with Gasteiger partial charge >= 0.3 is 12.5 Å². The molecule has 0 aliphatic carbocycles. The van der Waals surface area contributed by atoms with Crippen molar-refractivity contribution in [2.75, 3.05) is 32.8 Å². The van der Waals surface area contributed by atoms with Gasteiger partial charge in [0, 0.05) is 0 Å². The second-order valence-electron chi connectivity index (χ2n) is 2.57. The Labute approximate surface area is 74.7 Å². The van der Waals surface area contributed by atoms with Crippen molar-refractivity contribution in [3.05, 3.63) is 4.91 Å². The van der Waals surface area contributed by atoms with E-state index in [-0.39, 0.29) is 38.8 Å². The Balaban J connectivity index is 2.65. The van der Waals surface area contributed by atoms with Gasteiger partial charge in [-0.15, -0.1) is 0 Å². The predicted molar refractivity (Wildman–Crippen MR) is 41.1 cm³/mol. The Kier molecular flexibility index (Phi) is 3.15. The van der Waals surface area contributed by atoms with Crippen molar-refractivity contribution >= 4 is 5.91 Å². The van der Waals surface area contributed by atoms with Crippen molar-refractivity contribution in [1.82, 2.24) is 10.1 Å². The molecule has 74 valence electrons. The standard InChI is InChI=1S/C6H12N3O4/c10-3-1-7-6(12)5-9(13)8(7)2-4-11/h10-11H,1-5H2/q+1. The average Bonchev–Trinajstić information content (AvgIpc) is 2.33. The highest BCUT2D eigenvalue weighted by molar-refractivity contribution is 5.77. The van der Waals surface area contributed by atoms with E-state index in [1.807, 2.05) is 0 Å². The van der Waals surface area contributed by atoms with Crippen LogP contribution in [-0.4, -0.2) is 64.0 Å². The van der Waals surface area contributed by atoms with Crippen LogP contribution in [0.1, 0.15) is 0 Å². The van der Waals surface area contributed by atoms with Crippen LogP contribution in [0.15, 0.2) is 0 Å². The summed E-state index contributed by atoms with van der Waals surface area (Å²) in [7, 11) is 0. The number of hydrazine groups is 2. The zero-order valence-electron chi connectivity index (χ0n) is 7.09. The molecule has 0 radical (unpaired) electrons. The number of hydrogen-bond donors (Lipinski definition) is 2. The summed E-state index contributed by atoms with van der Waals surface area (Å²) >= 11 is 0. The first-order chi connectivity index (χ1) is 6.20. The van der Waals surface area contributed by atoms with Gasteiger partial charge in [-0.3, -0.25) is 4.79 Å². The van der Waals surface area contributed by atoms with Gasteiger partial charge in [0.05, 0.1) is 24.7 Å². The highest BCUT2D eigenvalue weighted by atomic mass is 16.4. The Morgan fingerprint density at radius 1 is 1.31 bits per heavy atom. The van der Waals surface area contributed by atoms with Crippen molar-refractivity contribution < 1.29 is 19.9 Å². The summed E-state index contributed by atoms with van der Waals surface area (Å²) < 4.78 is 0. The second kappa shape index (κ2) is 4.15. The molecule has 0 aromatic heterocycles. The third-order valence-corrected chi connectivity index (χ3v) is 1.71. The zero-order valence-corrected chi connectivity index (χ0v) is 7.09. The molecule has 0 unspecified atom stereocenters. The molecular formula is C6H12N3O4+. The summed E-state index contributed by atoms with van der Waals surface area (Å²) in [4.78, 5) is 22.6. The van der Waals surface area contributed by atoms with E-state index in [1.54, 1.807) is 0 Å². The number of hydrogen-bond acceptors (Lipinski definition) is 4. The Morgan fingerprint density at radius 2 is 1.92 bits per heavy atom. The summed E-state index contributed by atoms with van der Waals surface area (Å²) in [6, 6.07) is 0. The highest BCUT2D eigenvalue weighted by Gasteiger charge is 2.42. The first kappa shape index (κ1) is 9.87. The fraction of sp³-hybridized carbons (Fsp3) is 0.833. The van der Waals surface area contributed by atoms with Crippen LogP contribution in [0.3, 0.4) is 0 Å². The van der Waals surface area contributed by atoms with E-state index in [2.05, 4.69) is 0 Å². The number of aliphatic hydroxyl groups excluding tert-OH is 2. The number of nitrogens with zero attached hydrogens (tertiary/aromatic N) is 3. The average molecular weight is 190 g/mol. The van der Waals surface area contributed by atoms with Gasteiger partial charge < -0.3 is 10.2 Å². The van der Waals surface area contributed by atoms with Gasteiger partial charge in [-0.2, -0.15) is 5.01 Å². The van der Waals surface area contributed by atoms with Crippen molar-refractivity contribution in [3.63, 3.8) is 0 Å². The van der Waals surface area contributed by atoms with E-state index in [9.17, 15) is 9.70 Å². The maximum atomic E-state index is 11.1. The van der Waals surface area contributed by atoms with Gasteiger partial charge in [0.15, 0.2) is 0 Å². The van der Waals surface area contributed by atoms with Gasteiger partial charge in [0.25, 0.3) is 0 Å². The Hall–Kier alpha value is -1.21. The predicted octanol–water partition coefficient (Wildman–Crippen LogP) is -2.28. The molecule has 0 bridgehead atoms. The van der Waals surface area contributed by atoms with Crippen molar-refractivity contribution in [2.24, 2.45) is 0 Å². The summed E-state index contributed by atoms with van der Waals surface area (Å²) in [6.45, 7) is -0.526. The SMILES string of the molecule is O=C1C[N+](=O)N(CCO)N1CCO. The van der Waals surface area contributed by atoms with E-state index >= 15 is 0 Å². The van der Waals surface area contributed by atoms with Crippen LogP contribution in [0.4, 0.5) is 0 Å². The van der Waals surface area contributed by atoms with Crippen LogP contribution >= 0.6 is 0 Å². The molecule has 7 nitrogen and oxygen atoms in total. The van der Waals surface area contributed by atoms with Crippen LogP contribution in [0.2, 0.25) is 0 Å². The summed E-state index contributed by atoms with van der Waals surface area (Å²) in [5, 5.41) is 19.4. The lowest BCUT2D eigenvalue weighted by atomic mass is 10.5. The number of rotatable bonds is 4. The van der Waals surface area contributed by atoms with Gasteiger partial charge in [-0.1, -0.05) is 0 Å². The first-order valence-electron chi connectivity index (χ1n) is 3.94. The van der Waals surface area contributed by atoms with Gasteiger partial charge in [-0.05, 0) is 5.12 Å². The summed E-state index contributed by atoms with van der Waals surface area (Å²) in [5.41, 5.74) is 0. The number of aliphatic hydroxyl groups is 2. The van der Waals surface area contributed by atoms with E-state index in [0.29, 0.717) is 4.87 Å². The monoisotopic (exact) mass is 190 g/mol. The minimum Gasteiger partial charge on any atom is -0.394 e. The lowest BCUT2D eigenvalue weighted by molar-refractivity contribution is -0.712. The van der Waals surface area contributed by atoms with Gasteiger partial charge in [-0.25, -0.2) is 0 Å². The van der Waals surface area contributed by atoms with Gasteiger partial charge in [0.1, 0.15) is 11.4 Å². The normalized spacial score (nSPS) is 17.4. The molecule has 1 heterocycles. The zero-order chi connectivity index (χ0) is 9.84. The van der Waals surface area contributed by atoms with Crippen LogP contribution in [0.5, 0.6) is 0 Å². The number of amides is 1. The van der Waals surface area contributed by atoms with E-state index < -0.39 is 0 Å². The number of carbonyl (C=O) groups is 1. The maximum Gasteiger partial charge on any atom is 0.319 e. The van der Waals surface area contributed by atoms with Crippen LogP contribution < -0.4 is 0 Å². The molecule has 13 heavy (non-hydrogen) atoms. The topological polar surface area (TPSA) is 84.1 Å². The third-order valence-electron chi connectivity index (χ3n) is 1.71. The minimum atomic E-state index is -0.363. The molecule has 1 fully saturated rings. The fourth-order valence-electron chi connectivity index (χ4n) is 1.18. The molecular weight excluding hydrogens is 178 g/mol. The molecule has 1 aliphatic heterocycles. The molecule has 1 amide bonds. The van der Waals surface area contributed by atoms with E-state index in [0.717, 1.165) is 10.1 Å². The quantitative estimate of drug-likeness (QED) is 0.488. The van der Waals surface area contributed by atoms with Crippen LogP contribution in [0.25, 0.3) is 0 Å². The van der Waals surface area contributed by atoms with Crippen LogP contribution in [-0.2, 0) is 4.79 Å². The number of nitroso groups, excluding NO2 is 1. The Morgan fingerprint density at radius 3 is 2.46 bits per heavy atom. The largest absolute Gasteiger partial charge is 0.394 e.